The van der Waals surface area contributed by atoms with E-state index in [0.29, 0.717) is 11.3 Å². The van der Waals surface area contributed by atoms with Gasteiger partial charge in [-0.15, -0.1) is 0 Å². The second-order valence-electron chi connectivity index (χ2n) is 3.75. The molecule has 0 bridgehead atoms. The van der Waals surface area contributed by atoms with Crippen LogP contribution in [0.25, 0.3) is 0 Å². The largest absolute Gasteiger partial charge is 0.367 e. The smallest absolute Gasteiger partial charge is 0.224 e. The molecule has 0 radical (unpaired) electrons. The number of anilines is 1. The molecule has 0 amide bonds. The van der Waals surface area contributed by atoms with Crippen LogP contribution in [0.2, 0.25) is 5.28 Å². The summed E-state index contributed by atoms with van der Waals surface area (Å²) in [6.45, 7) is 4.37. The number of unbranched alkanes of at least 4 members (excludes halogenated alkanes) is 2. The third-order valence-corrected chi connectivity index (χ3v) is 2.44. The van der Waals surface area contributed by atoms with Gasteiger partial charge in [0.05, 0.1) is 0 Å². The van der Waals surface area contributed by atoms with E-state index in [2.05, 4.69) is 29.1 Å². The summed E-state index contributed by atoms with van der Waals surface area (Å²) >= 11 is 5.69. The van der Waals surface area contributed by atoms with Crippen molar-refractivity contribution in [2.45, 2.75) is 45.6 Å². The number of aromatic nitrogens is 2. The first-order valence-electron chi connectivity index (χ1n) is 5.47. The Hall–Kier alpha value is -0.830. The first-order valence-corrected chi connectivity index (χ1v) is 5.85. The SMILES string of the molecule is CCCCCC(C)Nc1ccnc(Cl)n1. The highest BCUT2D eigenvalue weighted by molar-refractivity contribution is 6.28. The van der Waals surface area contributed by atoms with Crippen LogP contribution in [0.5, 0.6) is 0 Å². The minimum atomic E-state index is 0.292. The molecule has 1 rings (SSSR count). The summed E-state index contributed by atoms with van der Waals surface area (Å²) in [5.41, 5.74) is 0. The number of nitrogens with zero attached hydrogens (tertiary/aromatic N) is 2. The van der Waals surface area contributed by atoms with E-state index in [1.54, 1.807) is 6.20 Å². The highest BCUT2D eigenvalue weighted by Crippen LogP contribution is 2.10. The lowest BCUT2D eigenvalue weighted by Gasteiger charge is -2.13. The predicted molar refractivity (Wildman–Crippen MR) is 64.3 cm³/mol. The quantitative estimate of drug-likeness (QED) is 0.597. The average Bonchev–Trinajstić information content (AvgIpc) is 2.18. The lowest BCUT2D eigenvalue weighted by Crippen LogP contribution is -2.15. The molecule has 0 aliphatic heterocycles. The molecule has 1 atom stereocenters. The molecule has 1 aromatic heterocycles. The zero-order valence-corrected chi connectivity index (χ0v) is 10.1. The molecule has 0 aliphatic rings. The second kappa shape index (κ2) is 6.62. The maximum absolute atomic E-state index is 5.69. The van der Waals surface area contributed by atoms with Gasteiger partial charge in [0.25, 0.3) is 0 Å². The fourth-order valence-corrected chi connectivity index (χ4v) is 1.59. The van der Waals surface area contributed by atoms with Crippen molar-refractivity contribution in [3.05, 3.63) is 17.5 Å². The molecule has 0 fully saturated rings. The van der Waals surface area contributed by atoms with Crippen molar-refractivity contribution < 1.29 is 0 Å². The molecule has 0 saturated heterocycles. The Bertz CT molecular complexity index is 291. The number of hydrogen-bond acceptors (Lipinski definition) is 3. The van der Waals surface area contributed by atoms with E-state index < -0.39 is 0 Å². The first kappa shape index (κ1) is 12.2. The maximum Gasteiger partial charge on any atom is 0.224 e. The normalized spacial score (nSPS) is 12.5. The van der Waals surface area contributed by atoms with Crippen LogP contribution in [-0.4, -0.2) is 16.0 Å². The molecular weight excluding hydrogens is 210 g/mol. The van der Waals surface area contributed by atoms with Gasteiger partial charge in [-0.1, -0.05) is 26.2 Å². The van der Waals surface area contributed by atoms with Gasteiger partial charge in [0.2, 0.25) is 5.28 Å². The zero-order valence-electron chi connectivity index (χ0n) is 9.33. The molecule has 0 aliphatic carbocycles. The zero-order chi connectivity index (χ0) is 11.1. The first-order chi connectivity index (χ1) is 7.22. The van der Waals surface area contributed by atoms with Gasteiger partial charge in [0, 0.05) is 12.2 Å². The fourth-order valence-electron chi connectivity index (χ4n) is 1.44. The van der Waals surface area contributed by atoms with Gasteiger partial charge < -0.3 is 5.32 Å². The number of nitrogens with one attached hydrogen (secondary N) is 1. The minimum absolute atomic E-state index is 0.292. The van der Waals surface area contributed by atoms with Crippen LogP contribution >= 0.6 is 11.6 Å². The van der Waals surface area contributed by atoms with Crippen LogP contribution in [-0.2, 0) is 0 Å². The van der Waals surface area contributed by atoms with E-state index in [1.165, 1.54) is 19.3 Å². The monoisotopic (exact) mass is 227 g/mol. The van der Waals surface area contributed by atoms with Crippen LogP contribution in [0.4, 0.5) is 5.82 Å². The van der Waals surface area contributed by atoms with Gasteiger partial charge in [-0.3, -0.25) is 0 Å². The van der Waals surface area contributed by atoms with E-state index in [0.717, 1.165) is 12.2 Å². The Kier molecular flexibility index (Phi) is 5.40. The van der Waals surface area contributed by atoms with E-state index >= 15 is 0 Å². The highest BCUT2D eigenvalue weighted by Gasteiger charge is 2.02. The molecule has 1 aromatic rings. The van der Waals surface area contributed by atoms with Crippen molar-refractivity contribution in [3.8, 4) is 0 Å². The van der Waals surface area contributed by atoms with Crippen LogP contribution < -0.4 is 5.32 Å². The molecule has 3 nitrogen and oxygen atoms in total. The minimum Gasteiger partial charge on any atom is -0.367 e. The number of rotatable bonds is 6. The van der Waals surface area contributed by atoms with Gasteiger partial charge in [-0.05, 0) is 31.0 Å². The molecule has 0 spiro atoms. The summed E-state index contributed by atoms with van der Waals surface area (Å²) in [6, 6.07) is 2.27. The number of hydrogen-bond donors (Lipinski definition) is 1. The molecule has 15 heavy (non-hydrogen) atoms. The highest BCUT2D eigenvalue weighted by atomic mass is 35.5. The lowest BCUT2D eigenvalue weighted by molar-refractivity contribution is 0.613. The molecule has 0 aromatic carbocycles. The molecular formula is C11H18ClN3. The summed E-state index contributed by atoms with van der Waals surface area (Å²) in [5, 5.41) is 3.60. The fraction of sp³-hybridized carbons (Fsp3) is 0.636. The summed E-state index contributed by atoms with van der Waals surface area (Å²) in [6.07, 6.45) is 6.62. The summed E-state index contributed by atoms with van der Waals surface area (Å²) in [5.74, 6) is 0.805. The lowest BCUT2D eigenvalue weighted by atomic mass is 10.1. The van der Waals surface area contributed by atoms with E-state index in [9.17, 15) is 0 Å². The maximum atomic E-state index is 5.69. The predicted octanol–water partition coefficient (Wildman–Crippen LogP) is 3.51. The molecule has 84 valence electrons. The Labute approximate surface area is 96.3 Å². The van der Waals surface area contributed by atoms with Crippen LogP contribution in [0, 0.1) is 0 Å². The van der Waals surface area contributed by atoms with Crippen LogP contribution in [0.15, 0.2) is 12.3 Å². The van der Waals surface area contributed by atoms with Gasteiger partial charge >= 0.3 is 0 Å². The van der Waals surface area contributed by atoms with Crippen LogP contribution in [0.1, 0.15) is 39.5 Å². The summed E-state index contributed by atoms with van der Waals surface area (Å²) < 4.78 is 0. The van der Waals surface area contributed by atoms with E-state index in [4.69, 9.17) is 11.6 Å². The third kappa shape index (κ3) is 4.98. The van der Waals surface area contributed by atoms with Crippen molar-refractivity contribution in [1.82, 2.24) is 9.97 Å². The Morgan fingerprint density at radius 1 is 1.47 bits per heavy atom. The number of halogens is 1. The molecule has 0 saturated carbocycles. The van der Waals surface area contributed by atoms with Crippen molar-refractivity contribution in [3.63, 3.8) is 0 Å². The Balaban J connectivity index is 2.34. The van der Waals surface area contributed by atoms with Gasteiger partial charge in [0.15, 0.2) is 0 Å². The Morgan fingerprint density at radius 2 is 2.27 bits per heavy atom. The second-order valence-corrected chi connectivity index (χ2v) is 4.09. The standard InChI is InChI=1S/C11H18ClN3/c1-3-4-5-6-9(2)14-10-7-8-13-11(12)15-10/h7-9H,3-6H2,1-2H3,(H,13,14,15). The van der Waals surface area contributed by atoms with Crippen molar-refractivity contribution in [1.29, 1.82) is 0 Å². The van der Waals surface area contributed by atoms with E-state index in [-0.39, 0.29) is 0 Å². The van der Waals surface area contributed by atoms with Gasteiger partial charge in [-0.2, -0.15) is 0 Å². The average molecular weight is 228 g/mol. The van der Waals surface area contributed by atoms with Gasteiger partial charge in [0.1, 0.15) is 5.82 Å². The third-order valence-electron chi connectivity index (χ3n) is 2.26. The summed E-state index contributed by atoms with van der Waals surface area (Å²) in [4.78, 5) is 7.92. The molecule has 4 heteroatoms. The molecule has 1 N–H and O–H groups in total. The van der Waals surface area contributed by atoms with Crippen LogP contribution in [0.3, 0.4) is 0 Å². The Morgan fingerprint density at radius 3 is 2.93 bits per heavy atom. The van der Waals surface area contributed by atoms with Crippen molar-refractivity contribution in [2.24, 2.45) is 0 Å². The van der Waals surface area contributed by atoms with Gasteiger partial charge in [-0.25, -0.2) is 9.97 Å². The summed E-state index contributed by atoms with van der Waals surface area (Å²) in [7, 11) is 0. The van der Waals surface area contributed by atoms with E-state index in [1.807, 2.05) is 6.07 Å². The topological polar surface area (TPSA) is 37.8 Å². The molecule has 1 unspecified atom stereocenters. The van der Waals surface area contributed by atoms with Crippen molar-refractivity contribution >= 4 is 17.4 Å². The molecule has 1 heterocycles. The van der Waals surface area contributed by atoms with Crippen molar-refractivity contribution in [2.75, 3.05) is 5.32 Å².